The quantitative estimate of drug-likeness (QED) is 0.669. The fourth-order valence-corrected chi connectivity index (χ4v) is 3.82. The Balaban J connectivity index is 2.13. The molecule has 2 rings (SSSR count). The van der Waals surface area contributed by atoms with E-state index >= 15 is 0 Å². The number of carbonyl (C=O) groups excluding carboxylic acids is 3. The number of piperidine rings is 1. The van der Waals surface area contributed by atoms with Crippen LogP contribution in [-0.4, -0.2) is 45.7 Å². The Morgan fingerprint density at radius 1 is 1.16 bits per heavy atom. The van der Waals surface area contributed by atoms with Crippen LogP contribution in [0.1, 0.15) is 79.1 Å². The van der Waals surface area contributed by atoms with Crippen LogP contribution in [0.15, 0.2) is 0 Å². The Labute approximate surface area is 148 Å². The Hall–Kier alpha value is -2.11. The molecule has 0 bridgehead atoms. The van der Waals surface area contributed by atoms with Gasteiger partial charge in [0.05, 0.1) is 0 Å². The first-order chi connectivity index (χ1) is 11.6. The van der Waals surface area contributed by atoms with Gasteiger partial charge >= 0.3 is 5.97 Å². The molecule has 0 aliphatic carbocycles. The maximum absolute atomic E-state index is 12.7. The number of esters is 1. The second-order valence-corrected chi connectivity index (χ2v) is 7.10. The van der Waals surface area contributed by atoms with E-state index in [1.54, 1.807) is 20.8 Å². The number of aromatic nitrogens is 1. The number of Topliss-reactive ketones (excluding diaryl/α,β-unsaturated/α-hetero) is 1. The molecule has 0 spiro atoms. The molecule has 1 fully saturated rings. The molecule has 138 valence electrons. The van der Waals surface area contributed by atoms with Gasteiger partial charge in [-0.2, -0.15) is 0 Å². The lowest BCUT2D eigenvalue weighted by Crippen LogP contribution is -2.51. The summed E-state index contributed by atoms with van der Waals surface area (Å²) in [5, 5.41) is 0. The maximum atomic E-state index is 12.7. The summed E-state index contributed by atoms with van der Waals surface area (Å²) in [7, 11) is 0. The number of H-pyrrole nitrogens is 1. The van der Waals surface area contributed by atoms with Crippen LogP contribution in [0.5, 0.6) is 0 Å². The van der Waals surface area contributed by atoms with Gasteiger partial charge in [0.1, 0.15) is 5.69 Å². The van der Waals surface area contributed by atoms with E-state index in [2.05, 4.69) is 4.98 Å². The smallest absolute Gasteiger partial charge is 0.355 e. The summed E-state index contributed by atoms with van der Waals surface area (Å²) < 4.78 is 5.40. The van der Waals surface area contributed by atoms with Crippen molar-refractivity contribution in [3.8, 4) is 0 Å². The number of nitrogens with one attached hydrogen (secondary N) is 1. The van der Waals surface area contributed by atoms with Crippen LogP contribution in [0.3, 0.4) is 0 Å². The van der Waals surface area contributed by atoms with E-state index in [4.69, 9.17) is 4.74 Å². The first-order valence-electron chi connectivity index (χ1n) is 8.88. The molecular formula is C19H28N2O4. The molecule has 1 saturated heterocycles. The second-order valence-electron chi connectivity index (χ2n) is 7.10. The summed E-state index contributed by atoms with van der Waals surface area (Å²) in [5.74, 6) is -0.877. The SMILES string of the molecule is CC(=O)c1c(C)[nH]c(C(=O)O[C@H](C)C(=O)N2[C@@H](C)CCC[C@@H]2C)c1C. The molecule has 25 heavy (non-hydrogen) atoms. The van der Waals surface area contributed by atoms with Gasteiger partial charge in [0.2, 0.25) is 0 Å². The molecule has 6 nitrogen and oxygen atoms in total. The van der Waals surface area contributed by atoms with E-state index in [0.29, 0.717) is 16.8 Å². The normalized spacial score (nSPS) is 21.8. The third-order valence-electron chi connectivity index (χ3n) is 5.07. The average Bonchev–Trinajstić information content (AvgIpc) is 2.81. The third-order valence-corrected chi connectivity index (χ3v) is 5.07. The molecule has 0 saturated carbocycles. The first-order valence-corrected chi connectivity index (χ1v) is 8.88. The number of aryl methyl sites for hydroxylation is 1. The summed E-state index contributed by atoms with van der Waals surface area (Å²) in [6, 6.07) is 0.298. The van der Waals surface area contributed by atoms with Crippen molar-refractivity contribution >= 4 is 17.7 Å². The van der Waals surface area contributed by atoms with Crippen molar-refractivity contribution in [2.75, 3.05) is 0 Å². The number of nitrogens with zero attached hydrogens (tertiary/aromatic N) is 1. The fraction of sp³-hybridized carbons (Fsp3) is 0.632. The van der Waals surface area contributed by atoms with Crippen LogP contribution in [0.4, 0.5) is 0 Å². The summed E-state index contributed by atoms with van der Waals surface area (Å²) in [4.78, 5) is 41.7. The topological polar surface area (TPSA) is 79.5 Å². The van der Waals surface area contributed by atoms with E-state index in [1.807, 2.05) is 18.7 Å². The van der Waals surface area contributed by atoms with Gasteiger partial charge in [-0.3, -0.25) is 9.59 Å². The van der Waals surface area contributed by atoms with E-state index in [-0.39, 0.29) is 29.5 Å². The molecule has 2 heterocycles. The molecule has 1 aromatic rings. The van der Waals surface area contributed by atoms with Crippen LogP contribution in [-0.2, 0) is 9.53 Å². The Bertz CT molecular complexity index is 682. The van der Waals surface area contributed by atoms with Gasteiger partial charge in [0.15, 0.2) is 11.9 Å². The van der Waals surface area contributed by atoms with Crippen molar-refractivity contribution in [2.24, 2.45) is 0 Å². The summed E-state index contributed by atoms with van der Waals surface area (Å²) in [5.41, 5.74) is 1.94. The minimum atomic E-state index is -0.862. The van der Waals surface area contributed by atoms with E-state index in [9.17, 15) is 14.4 Å². The zero-order valence-corrected chi connectivity index (χ0v) is 15.9. The number of ketones is 1. The Morgan fingerprint density at radius 2 is 1.72 bits per heavy atom. The fourth-order valence-electron chi connectivity index (χ4n) is 3.82. The molecule has 3 atom stereocenters. The van der Waals surface area contributed by atoms with Crippen molar-refractivity contribution in [3.63, 3.8) is 0 Å². The second kappa shape index (κ2) is 7.42. The highest BCUT2D eigenvalue weighted by atomic mass is 16.5. The number of aromatic amines is 1. The number of rotatable bonds is 4. The minimum absolute atomic E-state index is 0.106. The van der Waals surface area contributed by atoms with Crippen LogP contribution in [0.2, 0.25) is 0 Å². The summed E-state index contributed by atoms with van der Waals surface area (Å²) >= 11 is 0. The third kappa shape index (κ3) is 3.78. The van der Waals surface area contributed by atoms with Crippen molar-refractivity contribution in [1.82, 2.24) is 9.88 Å². The van der Waals surface area contributed by atoms with Gasteiger partial charge < -0.3 is 14.6 Å². The van der Waals surface area contributed by atoms with E-state index in [1.165, 1.54) is 6.92 Å². The van der Waals surface area contributed by atoms with Crippen LogP contribution in [0.25, 0.3) is 0 Å². The molecule has 1 amide bonds. The molecule has 1 aromatic heterocycles. The van der Waals surface area contributed by atoms with Gasteiger partial charge in [0.25, 0.3) is 5.91 Å². The molecule has 0 radical (unpaired) electrons. The average molecular weight is 348 g/mol. The maximum Gasteiger partial charge on any atom is 0.355 e. The molecular weight excluding hydrogens is 320 g/mol. The standard InChI is InChI=1S/C19H28N2O4/c1-10-8-7-9-11(2)21(10)18(23)15(6)25-19(24)17-12(3)16(14(5)22)13(4)20-17/h10-11,15,20H,7-9H2,1-6H3/t10-,11-,15+/m0/s1. The lowest BCUT2D eigenvalue weighted by molar-refractivity contribution is -0.146. The highest BCUT2D eigenvalue weighted by Crippen LogP contribution is 2.24. The lowest BCUT2D eigenvalue weighted by atomic mass is 9.97. The monoisotopic (exact) mass is 348 g/mol. The minimum Gasteiger partial charge on any atom is -0.448 e. The van der Waals surface area contributed by atoms with Crippen LogP contribution >= 0.6 is 0 Å². The van der Waals surface area contributed by atoms with Gasteiger partial charge in [-0.15, -0.1) is 0 Å². The lowest BCUT2D eigenvalue weighted by Gasteiger charge is -2.40. The van der Waals surface area contributed by atoms with Gasteiger partial charge in [-0.05, 0) is 66.4 Å². The highest BCUT2D eigenvalue weighted by Gasteiger charge is 2.34. The summed E-state index contributed by atoms with van der Waals surface area (Å²) in [6.45, 7) is 10.6. The largest absolute Gasteiger partial charge is 0.448 e. The van der Waals surface area contributed by atoms with Gasteiger partial charge in [-0.1, -0.05) is 0 Å². The van der Waals surface area contributed by atoms with Crippen LogP contribution < -0.4 is 0 Å². The van der Waals surface area contributed by atoms with E-state index < -0.39 is 12.1 Å². The first kappa shape index (κ1) is 19.2. The highest BCUT2D eigenvalue weighted by molar-refractivity contribution is 6.01. The Morgan fingerprint density at radius 3 is 2.20 bits per heavy atom. The van der Waals surface area contributed by atoms with Gasteiger partial charge in [0, 0.05) is 23.3 Å². The van der Waals surface area contributed by atoms with Crippen molar-refractivity contribution in [3.05, 3.63) is 22.5 Å². The zero-order valence-electron chi connectivity index (χ0n) is 15.9. The number of ether oxygens (including phenoxy) is 1. The molecule has 0 unspecified atom stereocenters. The van der Waals surface area contributed by atoms with Crippen molar-refractivity contribution < 1.29 is 19.1 Å². The molecule has 1 N–H and O–H groups in total. The molecule has 1 aliphatic rings. The van der Waals surface area contributed by atoms with Gasteiger partial charge in [-0.25, -0.2) is 4.79 Å². The number of carbonyl (C=O) groups is 3. The van der Waals surface area contributed by atoms with E-state index in [0.717, 1.165) is 19.3 Å². The zero-order chi connectivity index (χ0) is 18.9. The summed E-state index contributed by atoms with van der Waals surface area (Å²) in [6.07, 6.45) is 2.18. The predicted molar refractivity (Wildman–Crippen MR) is 94.8 cm³/mol. The van der Waals surface area contributed by atoms with Crippen LogP contribution in [0, 0.1) is 13.8 Å². The number of hydrogen-bond acceptors (Lipinski definition) is 4. The predicted octanol–water partition coefficient (Wildman–Crippen LogP) is 3.17. The van der Waals surface area contributed by atoms with Crippen molar-refractivity contribution in [2.45, 2.75) is 79.0 Å². The number of likely N-dealkylation sites (tertiary alicyclic amines) is 1. The van der Waals surface area contributed by atoms with Crippen molar-refractivity contribution in [1.29, 1.82) is 0 Å². The number of amides is 1. The Kier molecular flexibility index (Phi) is 5.70. The molecule has 6 heteroatoms. The molecule has 0 aromatic carbocycles. The number of hydrogen-bond donors (Lipinski definition) is 1. The molecule has 1 aliphatic heterocycles.